The zero-order valence-corrected chi connectivity index (χ0v) is 13.7. The number of imidazole rings is 2. The quantitative estimate of drug-likeness (QED) is 0.771. The maximum atomic E-state index is 12.0. The van der Waals surface area contributed by atoms with Crippen LogP contribution in [0.5, 0.6) is 0 Å². The third-order valence-corrected chi connectivity index (χ3v) is 3.55. The van der Waals surface area contributed by atoms with Crippen molar-refractivity contribution in [2.75, 3.05) is 33.2 Å². The predicted molar refractivity (Wildman–Crippen MR) is 84.6 cm³/mol. The number of amides is 1. The highest BCUT2D eigenvalue weighted by atomic mass is 16.2. The fourth-order valence-electron chi connectivity index (χ4n) is 2.24. The Morgan fingerprint density at radius 1 is 0.955 bits per heavy atom. The number of hydrogen-bond donors (Lipinski definition) is 0. The SMILES string of the molecule is CN1CCN(C(=O)c2cn(C)cn2)CC1.Cc1cn(C)cn1. The van der Waals surface area contributed by atoms with E-state index in [-0.39, 0.29) is 5.91 Å². The van der Waals surface area contributed by atoms with Crippen molar-refractivity contribution < 1.29 is 4.79 Å². The van der Waals surface area contributed by atoms with Crippen LogP contribution in [-0.4, -0.2) is 68.0 Å². The molecule has 2 aromatic heterocycles. The summed E-state index contributed by atoms with van der Waals surface area (Å²) in [5.74, 6) is 0.0451. The lowest BCUT2D eigenvalue weighted by molar-refractivity contribution is 0.0658. The average molecular weight is 304 g/mol. The van der Waals surface area contributed by atoms with Crippen molar-refractivity contribution in [3.63, 3.8) is 0 Å². The summed E-state index contributed by atoms with van der Waals surface area (Å²) in [6, 6.07) is 0. The van der Waals surface area contributed by atoms with Crippen LogP contribution in [0.4, 0.5) is 0 Å². The normalized spacial score (nSPS) is 15.4. The Labute approximate surface area is 131 Å². The Morgan fingerprint density at radius 2 is 1.55 bits per heavy atom. The van der Waals surface area contributed by atoms with E-state index < -0.39 is 0 Å². The molecule has 120 valence electrons. The monoisotopic (exact) mass is 304 g/mol. The van der Waals surface area contributed by atoms with Crippen molar-refractivity contribution in [2.45, 2.75) is 6.92 Å². The third-order valence-electron chi connectivity index (χ3n) is 3.55. The second kappa shape index (κ2) is 7.22. The van der Waals surface area contributed by atoms with E-state index in [4.69, 9.17) is 0 Å². The van der Waals surface area contributed by atoms with Gasteiger partial charge < -0.3 is 18.9 Å². The van der Waals surface area contributed by atoms with Gasteiger partial charge in [-0.15, -0.1) is 0 Å². The number of carbonyl (C=O) groups excluding carboxylic acids is 1. The van der Waals surface area contributed by atoms with Gasteiger partial charge in [0.15, 0.2) is 0 Å². The summed E-state index contributed by atoms with van der Waals surface area (Å²) in [5.41, 5.74) is 1.62. The molecule has 0 unspecified atom stereocenters. The van der Waals surface area contributed by atoms with Crippen molar-refractivity contribution in [1.29, 1.82) is 0 Å². The van der Waals surface area contributed by atoms with Crippen molar-refractivity contribution in [1.82, 2.24) is 28.9 Å². The van der Waals surface area contributed by atoms with Crippen LogP contribution in [0.25, 0.3) is 0 Å². The average Bonchev–Trinajstić information content (AvgIpc) is 3.08. The molecule has 0 spiro atoms. The van der Waals surface area contributed by atoms with Gasteiger partial charge in [-0.25, -0.2) is 9.97 Å². The van der Waals surface area contributed by atoms with Gasteiger partial charge in [0.2, 0.25) is 0 Å². The molecule has 3 heterocycles. The van der Waals surface area contributed by atoms with Crippen LogP contribution in [0.3, 0.4) is 0 Å². The summed E-state index contributed by atoms with van der Waals surface area (Å²) in [5, 5.41) is 0. The molecular weight excluding hydrogens is 280 g/mol. The summed E-state index contributed by atoms with van der Waals surface area (Å²) < 4.78 is 3.72. The van der Waals surface area contributed by atoms with Gasteiger partial charge >= 0.3 is 0 Å². The van der Waals surface area contributed by atoms with Crippen LogP contribution in [0, 0.1) is 6.92 Å². The van der Waals surface area contributed by atoms with E-state index in [2.05, 4.69) is 21.9 Å². The number of hydrogen-bond acceptors (Lipinski definition) is 4. The van der Waals surface area contributed by atoms with Crippen molar-refractivity contribution in [3.05, 3.63) is 36.4 Å². The van der Waals surface area contributed by atoms with E-state index in [9.17, 15) is 4.79 Å². The second-order valence-electron chi connectivity index (χ2n) is 5.70. The van der Waals surface area contributed by atoms with E-state index in [1.165, 1.54) is 0 Å². The van der Waals surface area contributed by atoms with Crippen LogP contribution in [0.1, 0.15) is 16.2 Å². The number of rotatable bonds is 1. The molecule has 0 N–H and O–H groups in total. The Morgan fingerprint density at radius 3 is 1.95 bits per heavy atom. The standard InChI is InChI=1S/C10H16N4O.C5H8N2/c1-12-3-5-14(6-4-12)10(15)9-7-13(2)8-11-9;1-5-3-7(2)4-6-5/h7-8H,3-6H2,1-2H3;3-4H,1-2H3. The minimum atomic E-state index is 0.0451. The van der Waals surface area contributed by atoms with E-state index in [1.54, 1.807) is 23.4 Å². The highest BCUT2D eigenvalue weighted by Crippen LogP contribution is 2.05. The number of piperazine rings is 1. The van der Waals surface area contributed by atoms with Gasteiger partial charge in [0.25, 0.3) is 5.91 Å². The molecule has 0 aliphatic carbocycles. The summed E-state index contributed by atoms with van der Waals surface area (Å²) in [4.78, 5) is 24.1. The maximum absolute atomic E-state index is 12.0. The first kappa shape index (κ1) is 16.2. The minimum absolute atomic E-state index is 0.0451. The Kier molecular flexibility index (Phi) is 5.32. The number of aromatic nitrogens is 4. The molecule has 0 saturated carbocycles. The summed E-state index contributed by atoms with van der Waals surface area (Å²) in [6.07, 6.45) is 7.18. The lowest BCUT2D eigenvalue weighted by atomic mass is 10.3. The van der Waals surface area contributed by atoms with Crippen LogP contribution in [0.2, 0.25) is 0 Å². The molecule has 1 aliphatic heterocycles. The smallest absolute Gasteiger partial charge is 0.274 e. The first-order valence-electron chi connectivity index (χ1n) is 7.36. The number of carbonyl (C=O) groups is 1. The molecule has 1 amide bonds. The number of likely N-dealkylation sites (N-methyl/N-ethyl adjacent to an activating group) is 1. The van der Waals surface area contributed by atoms with Gasteiger partial charge in [0.1, 0.15) is 5.69 Å². The van der Waals surface area contributed by atoms with Gasteiger partial charge in [-0.2, -0.15) is 0 Å². The van der Waals surface area contributed by atoms with Gasteiger partial charge in [-0.1, -0.05) is 0 Å². The number of nitrogens with zero attached hydrogens (tertiary/aromatic N) is 6. The molecule has 22 heavy (non-hydrogen) atoms. The topological polar surface area (TPSA) is 59.2 Å². The van der Waals surface area contributed by atoms with Gasteiger partial charge in [-0.3, -0.25) is 4.79 Å². The third kappa shape index (κ3) is 4.42. The maximum Gasteiger partial charge on any atom is 0.274 e. The van der Waals surface area contributed by atoms with Crippen LogP contribution >= 0.6 is 0 Å². The molecule has 7 heteroatoms. The molecule has 1 saturated heterocycles. The Hall–Kier alpha value is -2.15. The molecule has 1 fully saturated rings. The van der Waals surface area contributed by atoms with E-state index in [0.29, 0.717) is 5.69 Å². The zero-order valence-electron chi connectivity index (χ0n) is 13.7. The fraction of sp³-hybridized carbons (Fsp3) is 0.533. The largest absolute Gasteiger partial charge is 0.340 e. The molecular formula is C15H24N6O. The fourth-order valence-corrected chi connectivity index (χ4v) is 2.24. The van der Waals surface area contributed by atoms with Crippen molar-refractivity contribution in [2.24, 2.45) is 14.1 Å². The van der Waals surface area contributed by atoms with Crippen LogP contribution in [0.15, 0.2) is 25.0 Å². The minimum Gasteiger partial charge on any atom is -0.340 e. The molecule has 3 rings (SSSR count). The molecule has 2 aromatic rings. The lowest BCUT2D eigenvalue weighted by Gasteiger charge is -2.31. The Balaban J connectivity index is 0.000000211. The molecule has 0 radical (unpaired) electrons. The van der Waals surface area contributed by atoms with Crippen LogP contribution in [-0.2, 0) is 14.1 Å². The molecule has 1 aliphatic rings. The summed E-state index contributed by atoms with van der Waals surface area (Å²) >= 11 is 0. The summed E-state index contributed by atoms with van der Waals surface area (Å²) in [6.45, 7) is 5.45. The van der Waals surface area contributed by atoms with Crippen molar-refractivity contribution >= 4 is 5.91 Å². The molecule has 0 bridgehead atoms. The van der Waals surface area contributed by atoms with Gasteiger partial charge in [0, 0.05) is 52.7 Å². The molecule has 0 atom stereocenters. The Bertz CT molecular complexity index is 593. The van der Waals surface area contributed by atoms with E-state index in [1.807, 2.05) is 36.7 Å². The number of aryl methyl sites for hydroxylation is 3. The first-order valence-corrected chi connectivity index (χ1v) is 7.36. The van der Waals surface area contributed by atoms with Crippen LogP contribution < -0.4 is 0 Å². The lowest BCUT2D eigenvalue weighted by Crippen LogP contribution is -2.47. The molecule has 0 aromatic carbocycles. The highest BCUT2D eigenvalue weighted by molar-refractivity contribution is 5.92. The zero-order chi connectivity index (χ0) is 16.1. The predicted octanol–water partition coefficient (Wildman–Crippen LogP) is 0.536. The van der Waals surface area contributed by atoms with Crippen molar-refractivity contribution in [3.8, 4) is 0 Å². The highest BCUT2D eigenvalue weighted by Gasteiger charge is 2.21. The summed E-state index contributed by atoms with van der Waals surface area (Å²) in [7, 11) is 5.90. The molecule has 7 nitrogen and oxygen atoms in total. The van der Waals surface area contributed by atoms with Gasteiger partial charge in [0.05, 0.1) is 18.3 Å². The van der Waals surface area contributed by atoms with E-state index >= 15 is 0 Å². The van der Waals surface area contributed by atoms with Gasteiger partial charge in [-0.05, 0) is 14.0 Å². The van der Waals surface area contributed by atoms with E-state index in [0.717, 1.165) is 31.9 Å². The second-order valence-corrected chi connectivity index (χ2v) is 5.70. The first-order chi connectivity index (χ1) is 10.5.